The highest BCUT2D eigenvalue weighted by Crippen LogP contribution is 2.33. The second-order valence-corrected chi connectivity index (χ2v) is 6.46. The van der Waals surface area contributed by atoms with Gasteiger partial charge >= 0.3 is 0 Å². The van der Waals surface area contributed by atoms with Crippen LogP contribution in [0.4, 0.5) is 0 Å². The number of hydrogen-bond donors (Lipinski definition) is 2. The maximum absolute atomic E-state index is 12.2. The number of nitrogens with two attached hydrogens (primary N) is 1. The minimum absolute atomic E-state index is 0.0138. The Morgan fingerprint density at radius 1 is 1.47 bits per heavy atom. The first-order valence-corrected chi connectivity index (χ1v) is 6.58. The van der Waals surface area contributed by atoms with Crippen LogP contribution in [0.15, 0.2) is 0 Å². The van der Waals surface area contributed by atoms with Crippen LogP contribution >= 0.6 is 0 Å². The van der Waals surface area contributed by atoms with Crippen LogP contribution in [-0.2, 0) is 14.4 Å². The monoisotopic (exact) mass is 267 g/mol. The number of hydrogen-bond acceptors (Lipinski definition) is 4. The highest BCUT2D eigenvalue weighted by Gasteiger charge is 2.49. The van der Waals surface area contributed by atoms with Crippen molar-refractivity contribution in [2.75, 3.05) is 6.54 Å². The Kier molecular flexibility index (Phi) is 3.16. The van der Waals surface area contributed by atoms with Crippen molar-refractivity contribution in [2.24, 2.45) is 11.1 Å². The average Bonchev–Trinajstić information content (AvgIpc) is 3.04. The van der Waals surface area contributed by atoms with E-state index in [1.807, 2.05) is 0 Å². The number of carbonyl (C=O) groups excluding carboxylic acids is 3. The third-order valence-electron chi connectivity index (χ3n) is 3.84. The lowest BCUT2D eigenvalue weighted by Crippen LogP contribution is -2.61. The molecule has 3 N–H and O–H groups in total. The summed E-state index contributed by atoms with van der Waals surface area (Å²) < 4.78 is 0. The van der Waals surface area contributed by atoms with Gasteiger partial charge in [-0.25, -0.2) is 0 Å². The Hall–Kier alpha value is -1.43. The molecule has 1 aliphatic heterocycles. The van der Waals surface area contributed by atoms with E-state index in [1.165, 1.54) is 4.90 Å². The Morgan fingerprint density at radius 2 is 2.05 bits per heavy atom. The Bertz CT molecular complexity index is 442. The minimum Gasteiger partial charge on any atom is -0.368 e. The van der Waals surface area contributed by atoms with Crippen molar-refractivity contribution in [1.29, 1.82) is 0 Å². The third kappa shape index (κ3) is 2.63. The van der Waals surface area contributed by atoms with E-state index in [1.54, 1.807) is 20.8 Å². The molecule has 6 nitrogen and oxygen atoms in total. The smallest absolute Gasteiger partial charge is 0.239 e. The molecule has 1 unspecified atom stereocenters. The van der Waals surface area contributed by atoms with E-state index < -0.39 is 16.9 Å². The van der Waals surface area contributed by atoms with E-state index in [4.69, 9.17) is 5.73 Å². The van der Waals surface area contributed by atoms with Gasteiger partial charge in [0.2, 0.25) is 17.7 Å². The predicted molar refractivity (Wildman–Crippen MR) is 68.9 cm³/mol. The molecule has 0 aromatic carbocycles. The standard InChI is InChI=1S/C13H21N3O3/c1-12(2)6-9(17)16(11(12)19)7-13(3,10(14)18)15-8-4-5-8/h8,15H,4-7H2,1-3H3,(H2,14,18). The summed E-state index contributed by atoms with van der Waals surface area (Å²) in [5.41, 5.74) is 3.70. The van der Waals surface area contributed by atoms with Crippen molar-refractivity contribution >= 4 is 17.7 Å². The summed E-state index contributed by atoms with van der Waals surface area (Å²) in [5.74, 6) is -1.01. The van der Waals surface area contributed by atoms with Gasteiger partial charge in [0.1, 0.15) is 5.54 Å². The number of nitrogens with one attached hydrogen (secondary N) is 1. The summed E-state index contributed by atoms with van der Waals surface area (Å²) in [6, 6.07) is 0.262. The number of carbonyl (C=O) groups is 3. The summed E-state index contributed by atoms with van der Waals surface area (Å²) in [6.45, 7) is 5.14. The number of imide groups is 1. The van der Waals surface area contributed by atoms with E-state index >= 15 is 0 Å². The van der Waals surface area contributed by atoms with Crippen LogP contribution in [0.2, 0.25) is 0 Å². The third-order valence-corrected chi connectivity index (χ3v) is 3.84. The molecule has 0 bridgehead atoms. The molecule has 1 saturated heterocycles. The van der Waals surface area contributed by atoms with Gasteiger partial charge in [0.15, 0.2) is 0 Å². The molecule has 3 amide bonds. The Labute approximate surface area is 112 Å². The van der Waals surface area contributed by atoms with Crippen LogP contribution in [0.3, 0.4) is 0 Å². The van der Waals surface area contributed by atoms with Crippen molar-refractivity contribution in [3.63, 3.8) is 0 Å². The topological polar surface area (TPSA) is 92.5 Å². The van der Waals surface area contributed by atoms with Crippen LogP contribution in [0.5, 0.6) is 0 Å². The Morgan fingerprint density at radius 3 is 2.42 bits per heavy atom. The summed E-state index contributed by atoms with van der Waals surface area (Å²) in [4.78, 5) is 36.9. The maximum atomic E-state index is 12.2. The zero-order valence-electron chi connectivity index (χ0n) is 11.7. The van der Waals surface area contributed by atoms with Gasteiger partial charge in [0, 0.05) is 12.5 Å². The van der Waals surface area contributed by atoms with E-state index in [9.17, 15) is 14.4 Å². The summed E-state index contributed by atoms with van der Waals surface area (Å²) in [7, 11) is 0. The van der Waals surface area contributed by atoms with E-state index in [-0.39, 0.29) is 30.8 Å². The lowest BCUT2D eigenvalue weighted by atomic mass is 9.92. The van der Waals surface area contributed by atoms with Crippen molar-refractivity contribution in [2.45, 2.75) is 51.6 Å². The molecule has 0 aromatic rings. The van der Waals surface area contributed by atoms with Crippen LogP contribution < -0.4 is 11.1 Å². The first-order valence-electron chi connectivity index (χ1n) is 6.58. The second-order valence-electron chi connectivity index (χ2n) is 6.46. The molecule has 19 heavy (non-hydrogen) atoms. The van der Waals surface area contributed by atoms with Crippen molar-refractivity contribution in [3.8, 4) is 0 Å². The molecular formula is C13H21N3O3. The first kappa shape index (κ1) is 14.0. The molecule has 0 radical (unpaired) electrons. The summed E-state index contributed by atoms with van der Waals surface area (Å²) in [6.07, 6.45) is 2.18. The van der Waals surface area contributed by atoms with E-state index in [0.717, 1.165) is 12.8 Å². The van der Waals surface area contributed by atoms with Crippen LogP contribution in [0.25, 0.3) is 0 Å². The minimum atomic E-state index is -1.05. The molecule has 106 valence electrons. The van der Waals surface area contributed by atoms with Crippen LogP contribution in [0.1, 0.15) is 40.0 Å². The lowest BCUT2D eigenvalue weighted by molar-refractivity contribution is -0.142. The largest absolute Gasteiger partial charge is 0.368 e. The number of likely N-dealkylation sites (tertiary alicyclic amines) is 1. The zero-order chi connectivity index (χ0) is 14.4. The number of rotatable bonds is 5. The van der Waals surface area contributed by atoms with Gasteiger partial charge < -0.3 is 5.73 Å². The number of amides is 3. The zero-order valence-corrected chi connectivity index (χ0v) is 11.7. The van der Waals surface area contributed by atoms with Gasteiger partial charge in [-0.05, 0) is 19.8 Å². The molecule has 2 rings (SSSR count). The van der Waals surface area contributed by atoms with Gasteiger partial charge in [-0.3, -0.25) is 24.6 Å². The highest BCUT2D eigenvalue weighted by molar-refractivity contribution is 6.06. The van der Waals surface area contributed by atoms with Crippen molar-refractivity contribution < 1.29 is 14.4 Å². The van der Waals surface area contributed by atoms with Gasteiger partial charge in [-0.1, -0.05) is 13.8 Å². The van der Waals surface area contributed by atoms with Gasteiger partial charge in [0.25, 0.3) is 0 Å². The summed E-state index contributed by atoms with van der Waals surface area (Å²) >= 11 is 0. The van der Waals surface area contributed by atoms with Gasteiger partial charge in [0.05, 0.1) is 12.0 Å². The molecule has 6 heteroatoms. The van der Waals surface area contributed by atoms with Crippen LogP contribution in [0, 0.1) is 5.41 Å². The highest BCUT2D eigenvalue weighted by atomic mass is 16.2. The number of primary amides is 1. The van der Waals surface area contributed by atoms with Gasteiger partial charge in [-0.15, -0.1) is 0 Å². The number of nitrogens with zero attached hydrogens (tertiary/aromatic N) is 1. The van der Waals surface area contributed by atoms with E-state index in [0.29, 0.717) is 0 Å². The Balaban J connectivity index is 2.15. The molecule has 1 atom stereocenters. The molecule has 0 aromatic heterocycles. The average molecular weight is 267 g/mol. The molecule has 2 fully saturated rings. The fourth-order valence-electron chi connectivity index (χ4n) is 2.38. The second kappa shape index (κ2) is 4.30. The van der Waals surface area contributed by atoms with E-state index in [2.05, 4.69) is 5.32 Å². The molecule has 1 aliphatic carbocycles. The SMILES string of the molecule is CC1(C)CC(=O)N(CC(C)(NC2CC2)C(N)=O)C1=O. The normalized spacial score (nSPS) is 25.5. The quantitative estimate of drug-likeness (QED) is 0.673. The molecular weight excluding hydrogens is 246 g/mol. The first-order chi connectivity index (χ1) is 8.66. The van der Waals surface area contributed by atoms with Crippen molar-refractivity contribution in [1.82, 2.24) is 10.2 Å². The van der Waals surface area contributed by atoms with Gasteiger partial charge in [-0.2, -0.15) is 0 Å². The summed E-state index contributed by atoms with van der Waals surface area (Å²) in [5, 5.41) is 3.14. The fourth-order valence-corrected chi connectivity index (χ4v) is 2.38. The molecule has 2 aliphatic rings. The molecule has 1 heterocycles. The predicted octanol–water partition coefficient (Wildman–Crippen LogP) is -0.232. The van der Waals surface area contributed by atoms with Crippen LogP contribution in [-0.4, -0.2) is 40.7 Å². The van der Waals surface area contributed by atoms with Crippen molar-refractivity contribution in [3.05, 3.63) is 0 Å². The molecule has 0 spiro atoms. The lowest BCUT2D eigenvalue weighted by Gasteiger charge is -2.31. The maximum Gasteiger partial charge on any atom is 0.239 e. The molecule has 1 saturated carbocycles. The fraction of sp³-hybridized carbons (Fsp3) is 0.769.